The van der Waals surface area contributed by atoms with E-state index in [0.29, 0.717) is 0 Å². The highest BCUT2D eigenvalue weighted by molar-refractivity contribution is 7.39. The lowest BCUT2D eigenvalue weighted by atomic mass is 10.3. The molecular formula is C14H25ClSSi. The van der Waals surface area contributed by atoms with Crippen molar-refractivity contribution in [2.75, 3.05) is 0 Å². The van der Waals surface area contributed by atoms with Crippen molar-refractivity contribution in [2.24, 2.45) is 0 Å². The van der Waals surface area contributed by atoms with Crippen molar-refractivity contribution in [3.63, 3.8) is 0 Å². The summed E-state index contributed by atoms with van der Waals surface area (Å²) in [5, 5.41) is 2.18. The summed E-state index contributed by atoms with van der Waals surface area (Å²) in [5.74, 6) is 0. The first-order chi connectivity index (χ1) is 8.23. The Bertz CT molecular complexity index is 274. The van der Waals surface area contributed by atoms with Crippen LogP contribution in [-0.4, -0.2) is 7.38 Å². The van der Waals surface area contributed by atoms with E-state index in [2.05, 4.69) is 31.4 Å². The first-order valence-corrected chi connectivity index (χ1v) is 11.3. The molecule has 0 spiro atoms. The molecule has 1 rings (SSSR count). The van der Waals surface area contributed by atoms with Crippen LogP contribution in [0.15, 0.2) is 17.5 Å². The van der Waals surface area contributed by atoms with E-state index in [1.807, 2.05) is 11.3 Å². The van der Waals surface area contributed by atoms with Gasteiger partial charge in [0, 0.05) is 4.50 Å². The molecule has 0 aliphatic rings. The largest absolute Gasteiger partial charge is 0.197 e. The number of unbranched alkanes of at least 4 members (excludes halogenated alkanes) is 4. The lowest BCUT2D eigenvalue weighted by molar-refractivity contribution is 0.746. The van der Waals surface area contributed by atoms with Gasteiger partial charge in [0.2, 0.25) is 0 Å². The molecule has 0 N–H and O–H groups in total. The summed E-state index contributed by atoms with van der Waals surface area (Å²) in [6, 6.07) is 6.96. The molecule has 0 radical (unpaired) electrons. The van der Waals surface area contributed by atoms with Crippen LogP contribution >= 0.6 is 22.4 Å². The molecule has 0 unspecified atom stereocenters. The molecule has 0 fully saturated rings. The molecule has 1 aromatic rings. The van der Waals surface area contributed by atoms with Gasteiger partial charge in [-0.1, -0.05) is 64.5 Å². The zero-order valence-corrected chi connectivity index (χ0v) is 13.7. The second kappa shape index (κ2) is 8.33. The zero-order valence-electron chi connectivity index (χ0n) is 11.2. The van der Waals surface area contributed by atoms with Crippen LogP contribution in [0, 0.1) is 0 Å². The maximum Gasteiger partial charge on any atom is 0.197 e. The second-order valence-corrected chi connectivity index (χ2v) is 11.8. The predicted molar refractivity (Wildman–Crippen MR) is 84.2 cm³/mol. The molecule has 1 aromatic heterocycles. The van der Waals surface area contributed by atoms with Crippen LogP contribution in [0.3, 0.4) is 0 Å². The van der Waals surface area contributed by atoms with Crippen LogP contribution in [0.4, 0.5) is 0 Å². The van der Waals surface area contributed by atoms with Crippen LogP contribution < -0.4 is 4.50 Å². The van der Waals surface area contributed by atoms with Crippen molar-refractivity contribution < 1.29 is 0 Å². The normalized spacial score (nSPS) is 11.9. The third-order valence-electron chi connectivity index (χ3n) is 3.32. The highest BCUT2D eigenvalue weighted by Crippen LogP contribution is 2.28. The van der Waals surface area contributed by atoms with Crippen LogP contribution in [0.5, 0.6) is 0 Å². The number of rotatable bonds is 9. The van der Waals surface area contributed by atoms with E-state index in [-0.39, 0.29) is 0 Å². The van der Waals surface area contributed by atoms with Crippen LogP contribution in [-0.2, 0) is 0 Å². The summed E-state index contributed by atoms with van der Waals surface area (Å²) in [6.07, 6.45) is 7.88. The van der Waals surface area contributed by atoms with Crippen molar-refractivity contribution in [1.29, 1.82) is 0 Å². The summed E-state index contributed by atoms with van der Waals surface area (Å²) < 4.78 is 1.51. The highest BCUT2D eigenvalue weighted by atomic mass is 35.6. The van der Waals surface area contributed by atoms with Gasteiger partial charge >= 0.3 is 0 Å². The third-order valence-corrected chi connectivity index (χ3v) is 10.9. The monoisotopic (exact) mass is 288 g/mol. The molecule has 1 heterocycles. The smallest absolute Gasteiger partial charge is 0.160 e. The van der Waals surface area contributed by atoms with Gasteiger partial charge in [0.15, 0.2) is 7.38 Å². The molecule has 3 heteroatoms. The van der Waals surface area contributed by atoms with Crippen molar-refractivity contribution in [1.82, 2.24) is 0 Å². The first kappa shape index (κ1) is 15.3. The molecule has 0 aliphatic heterocycles. The molecule has 0 saturated carbocycles. The Labute approximate surface area is 116 Å². The molecule has 0 aromatic carbocycles. The molecule has 0 aliphatic carbocycles. The Morgan fingerprint density at radius 2 is 1.65 bits per heavy atom. The maximum absolute atomic E-state index is 7.03. The molecule has 0 amide bonds. The van der Waals surface area contributed by atoms with Crippen LogP contribution in [0.25, 0.3) is 0 Å². The van der Waals surface area contributed by atoms with E-state index in [1.165, 1.54) is 55.1 Å². The van der Waals surface area contributed by atoms with Crippen molar-refractivity contribution >= 4 is 34.3 Å². The SMILES string of the molecule is CCCCC[Si](Cl)(CCCCC)c1cccs1. The van der Waals surface area contributed by atoms with Gasteiger partial charge in [-0.3, -0.25) is 0 Å². The highest BCUT2D eigenvalue weighted by Gasteiger charge is 2.32. The Hall–Kier alpha value is 0.207. The summed E-state index contributed by atoms with van der Waals surface area (Å²) in [5.41, 5.74) is 0. The molecule has 98 valence electrons. The fraction of sp³-hybridized carbons (Fsp3) is 0.714. The van der Waals surface area contributed by atoms with Crippen molar-refractivity contribution in [3.8, 4) is 0 Å². The first-order valence-electron chi connectivity index (χ1n) is 6.96. The van der Waals surface area contributed by atoms with Crippen molar-refractivity contribution in [3.05, 3.63) is 17.5 Å². The van der Waals surface area contributed by atoms with Gasteiger partial charge in [0.25, 0.3) is 0 Å². The summed E-state index contributed by atoms with van der Waals surface area (Å²) in [7, 11) is -1.66. The van der Waals surface area contributed by atoms with Gasteiger partial charge in [0.1, 0.15) is 0 Å². The predicted octanol–water partition coefficient (Wildman–Crippen LogP) is 5.52. The standard InChI is InChI=1S/C14H25ClSSi/c1-3-5-7-12-17(15,13-8-6-4-2)14-10-9-11-16-14/h9-11H,3-8,12-13H2,1-2H3. The van der Waals surface area contributed by atoms with E-state index in [9.17, 15) is 0 Å². The van der Waals surface area contributed by atoms with E-state index in [0.717, 1.165) is 0 Å². The Morgan fingerprint density at radius 1 is 1.06 bits per heavy atom. The van der Waals surface area contributed by atoms with Gasteiger partial charge in [-0.15, -0.1) is 0 Å². The summed E-state index contributed by atoms with van der Waals surface area (Å²) >= 11 is 8.90. The van der Waals surface area contributed by atoms with Crippen LogP contribution in [0.2, 0.25) is 12.1 Å². The topological polar surface area (TPSA) is 0 Å². The quantitative estimate of drug-likeness (QED) is 0.319. The average Bonchev–Trinajstić information content (AvgIpc) is 2.84. The number of halogens is 1. The Morgan fingerprint density at radius 3 is 2.06 bits per heavy atom. The lowest BCUT2D eigenvalue weighted by Crippen LogP contribution is -2.40. The third kappa shape index (κ3) is 5.15. The molecule has 0 bridgehead atoms. The fourth-order valence-corrected chi connectivity index (χ4v) is 8.49. The molecule has 0 saturated heterocycles. The van der Waals surface area contributed by atoms with Gasteiger partial charge in [0.05, 0.1) is 0 Å². The minimum absolute atomic E-state index is 1.27. The zero-order chi connectivity index (χ0) is 12.6. The number of hydrogen-bond donors (Lipinski definition) is 0. The second-order valence-electron chi connectivity index (χ2n) is 4.86. The summed E-state index contributed by atoms with van der Waals surface area (Å²) in [4.78, 5) is 0. The summed E-state index contributed by atoms with van der Waals surface area (Å²) in [6.45, 7) is 4.53. The minimum Gasteiger partial charge on any atom is -0.160 e. The molecule has 0 atom stereocenters. The van der Waals surface area contributed by atoms with E-state index < -0.39 is 7.38 Å². The van der Waals surface area contributed by atoms with E-state index in [1.54, 1.807) is 0 Å². The van der Waals surface area contributed by atoms with E-state index >= 15 is 0 Å². The van der Waals surface area contributed by atoms with Gasteiger partial charge in [-0.05, 0) is 17.5 Å². The number of hydrogen-bond acceptors (Lipinski definition) is 1. The van der Waals surface area contributed by atoms with Gasteiger partial charge in [-0.2, -0.15) is 22.4 Å². The molecule has 0 nitrogen and oxygen atoms in total. The average molecular weight is 289 g/mol. The Kier molecular flexibility index (Phi) is 7.48. The van der Waals surface area contributed by atoms with Crippen molar-refractivity contribution in [2.45, 2.75) is 64.5 Å². The maximum atomic E-state index is 7.03. The van der Waals surface area contributed by atoms with Gasteiger partial charge < -0.3 is 0 Å². The minimum atomic E-state index is -1.66. The fourth-order valence-electron chi connectivity index (χ4n) is 2.22. The lowest BCUT2D eigenvalue weighted by Gasteiger charge is -2.23. The molecular weight excluding hydrogens is 264 g/mol. The van der Waals surface area contributed by atoms with Gasteiger partial charge in [-0.25, -0.2) is 0 Å². The molecule has 17 heavy (non-hydrogen) atoms. The van der Waals surface area contributed by atoms with Crippen LogP contribution in [0.1, 0.15) is 52.4 Å². The van der Waals surface area contributed by atoms with E-state index in [4.69, 9.17) is 11.1 Å². The Balaban J connectivity index is 2.56. The number of thiophene rings is 1.